The fourth-order valence-electron chi connectivity index (χ4n) is 2.07. The molecule has 0 saturated heterocycles. The second kappa shape index (κ2) is 4.93. The zero-order valence-electron chi connectivity index (χ0n) is 9.72. The van der Waals surface area contributed by atoms with Crippen LogP contribution in [0.5, 0.6) is 0 Å². The first-order valence-electron chi connectivity index (χ1n) is 5.74. The molecule has 1 aromatic heterocycles. The Morgan fingerprint density at radius 1 is 1.56 bits per heavy atom. The maximum atomic E-state index is 9.73. The molecule has 0 radical (unpaired) electrons. The van der Waals surface area contributed by atoms with E-state index in [1.807, 2.05) is 6.92 Å². The predicted octanol–water partition coefficient (Wildman–Crippen LogP) is 1.28. The van der Waals surface area contributed by atoms with Crippen molar-refractivity contribution in [3.8, 4) is 0 Å². The molecule has 1 fully saturated rings. The molecule has 0 aromatic carbocycles. The second-order valence-corrected chi connectivity index (χ2v) is 4.40. The number of aliphatic hydroxyl groups is 1. The topological polar surface area (TPSA) is 68.4 Å². The summed E-state index contributed by atoms with van der Waals surface area (Å²) in [4.78, 5) is 4.31. The summed E-state index contributed by atoms with van der Waals surface area (Å²) in [5, 5.41) is 13.6. The van der Waals surface area contributed by atoms with Gasteiger partial charge >= 0.3 is 0 Å². The third-order valence-corrected chi connectivity index (χ3v) is 3.15. The van der Waals surface area contributed by atoms with Gasteiger partial charge < -0.3 is 14.4 Å². The summed E-state index contributed by atoms with van der Waals surface area (Å²) in [6.45, 7) is 1.96. The van der Waals surface area contributed by atoms with E-state index in [9.17, 15) is 5.11 Å². The highest BCUT2D eigenvalue weighted by Gasteiger charge is 2.31. The Labute approximate surface area is 94.8 Å². The van der Waals surface area contributed by atoms with E-state index in [0.29, 0.717) is 18.1 Å². The quantitative estimate of drug-likeness (QED) is 0.837. The summed E-state index contributed by atoms with van der Waals surface area (Å²) in [7, 11) is 1.66. The Morgan fingerprint density at radius 2 is 2.38 bits per heavy atom. The molecule has 1 saturated carbocycles. The van der Waals surface area contributed by atoms with E-state index >= 15 is 0 Å². The van der Waals surface area contributed by atoms with Crippen LogP contribution in [0.3, 0.4) is 0 Å². The minimum atomic E-state index is -0.326. The van der Waals surface area contributed by atoms with Crippen molar-refractivity contribution in [2.45, 2.75) is 50.7 Å². The van der Waals surface area contributed by atoms with Crippen molar-refractivity contribution in [2.24, 2.45) is 0 Å². The number of rotatable bonds is 4. The second-order valence-electron chi connectivity index (χ2n) is 4.40. The molecule has 16 heavy (non-hydrogen) atoms. The summed E-state index contributed by atoms with van der Waals surface area (Å²) in [6.07, 6.45) is 3.19. The minimum absolute atomic E-state index is 0.0269. The largest absolute Gasteiger partial charge is 0.392 e. The Kier molecular flexibility index (Phi) is 3.56. The molecule has 2 rings (SSSR count). The lowest BCUT2D eigenvalue weighted by molar-refractivity contribution is 0.116. The van der Waals surface area contributed by atoms with Crippen LogP contribution in [0.2, 0.25) is 0 Å². The SMILES string of the molecule is COC(C)Cc1noc(C2CCCC2O)n1. The summed E-state index contributed by atoms with van der Waals surface area (Å²) in [6, 6.07) is 0. The molecule has 1 aliphatic rings. The van der Waals surface area contributed by atoms with Crippen LogP contribution in [-0.4, -0.2) is 34.6 Å². The van der Waals surface area contributed by atoms with E-state index < -0.39 is 0 Å². The van der Waals surface area contributed by atoms with Crippen LogP contribution in [0.15, 0.2) is 4.52 Å². The van der Waals surface area contributed by atoms with Gasteiger partial charge in [-0.2, -0.15) is 4.98 Å². The fraction of sp³-hybridized carbons (Fsp3) is 0.818. The monoisotopic (exact) mass is 226 g/mol. The van der Waals surface area contributed by atoms with Gasteiger partial charge in [0.05, 0.1) is 18.1 Å². The first kappa shape index (κ1) is 11.5. The summed E-state index contributed by atoms with van der Waals surface area (Å²) >= 11 is 0. The summed E-state index contributed by atoms with van der Waals surface area (Å²) < 4.78 is 10.3. The number of hydrogen-bond acceptors (Lipinski definition) is 5. The molecule has 5 nitrogen and oxygen atoms in total. The van der Waals surface area contributed by atoms with Crippen LogP contribution >= 0.6 is 0 Å². The molecule has 0 spiro atoms. The first-order chi connectivity index (χ1) is 7.70. The Balaban J connectivity index is 2.01. The fourth-order valence-corrected chi connectivity index (χ4v) is 2.07. The molecule has 90 valence electrons. The normalized spacial score (nSPS) is 27.2. The third kappa shape index (κ3) is 2.41. The number of methoxy groups -OCH3 is 1. The molecular formula is C11H18N2O3. The summed E-state index contributed by atoms with van der Waals surface area (Å²) in [5.41, 5.74) is 0. The van der Waals surface area contributed by atoms with Crippen molar-refractivity contribution < 1.29 is 14.4 Å². The Morgan fingerprint density at radius 3 is 3.00 bits per heavy atom. The van der Waals surface area contributed by atoms with Gasteiger partial charge in [-0.05, 0) is 26.2 Å². The Bertz CT molecular complexity index is 340. The molecule has 3 unspecified atom stereocenters. The van der Waals surface area contributed by atoms with Crippen LogP contribution < -0.4 is 0 Å². The molecule has 1 N–H and O–H groups in total. The highest BCUT2D eigenvalue weighted by Crippen LogP contribution is 2.33. The smallest absolute Gasteiger partial charge is 0.232 e. The maximum Gasteiger partial charge on any atom is 0.232 e. The Hall–Kier alpha value is -0.940. The molecule has 0 amide bonds. The van der Waals surface area contributed by atoms with Gasteiger partial charge in [-0.15, -0.1) is 0 Å². The molecular weight excluding hydrogens is 208 g/mol. The van der Waals surface area contributed by atoms with Crippen molar-refractivity contribution in [1.82, 2.24) is 10.1 Å². The van der Waals surface area contributed by atoms with E-state index in [1.54, 1.807) is 7.11 Å². The van der Waals surface area contributed by atoms with Crippen molar-refractivity contribution in [1.29, 1.82) is 0 Å². The number of hydrogen-bond donors (Lipinski definition) is 1. The van der Waals surface area contributed by atoms with Gasteiger partial charge in [0, 0.05) is 13.5 Å². The van der Waals surface area contributed by atoms with E-state index in [4.69, 9.17) is 9.26 Å². The highest BCUT2D eigenvalue weighted by molar-refractivity contribution is 5.00. The molecule has 3 atom stereocenters. The van der Waals surface area contributed by atoms with E-state index in [-0.39, 0.29) is 18.1 Å². The van der Waals surface area contributed by atoms with Gasteiger partial charge in [0.25, 0.3) is 0 Å². The van der Waals surface area contributed by atoms with E-state index in [0.717, 1.165) is 19.3 Å². The number of aliphatic hydroxyl groups excluding tert-OH is 1. The average Bonchev–Trinajstić information content (AvgIpc) is 2.86. The number of nitrogens with zero attached hydrogens (tertiary/aromatic N) is 2. The molecule has 0 bridgehead atoms. The van der Waals surface area contributed by atoms with Crippen molar-refractivity contribution in [2.75, 3.05) is 7.11 Å². The average molecular weight is 226 g/mol. The van der Waals surface area contributed by atoms with Gasteiger partial charge in [-0.3, -0.25) is 0 Å². The van der Waals surface area contributed by atoms with Crippen LogP contribution in [-0.2, 0) is 11.2 Å². The molecule has 1 heterocycles. The van der Waals surface area contributed by atoms with Gasteiger partial charge in [0.1, 0.15) is 0 Å². The summed E-state index contributed by atoms with van der Waals surface area (Å²) in [5.74, 6) is 1.26. The predicted molar refractivity (Wildman–Crippen MR) is 57.1 cm³/mol. The zero-order valence-corrected chi connectivity index (χ0v) is 9.72. The van der Waals surface area contributed by atoms with Gasteiger partial charge in [-0.1, -0.05) is 5.16 Å². The lowest BCUT2D eigenvalue weighted by atomic mass is 10.1. The van der Waals surface area contributed by atoms with Crippen LogP contribution in [0.25, 0.3) is 0 Å². The van der Waals surface area contributed by atoms with Crippen molar-refractivity contribution >= 4 is 0 Å². The minimum Gasteiger partial charge on any atom is -0.392 e. The standard InChI is InChI=1S/C11H18N2O3/c1-7(15-2)6-10-12-11(16-13-10)8-4-3-5-9(8)14/h7-9,14H,3-6H2,1-2H3. The van der Waals surface area contributed by atoms with Crippen LogP contribution in [0, 0.1) is 0 Å². The molecule has 0 aliphatic heterocycles. The molecule has 1 aliphatic carbocycles. The molecule has 5 heteroatoms. The van der Waals surface area contributed by atoms with Crippen molar-refractivity contribution in [3.05, 3.63) is 11.7 Å². The van der Waals surface area contributed by atoms with E-state index in [2.05, 4.69) is 10.1 Å². The van der Waals surface area contributed by atoms with Crippen molar-refractivity contribution in [3.63, 3.8) is 0 Å². The lowest BCUT2D eigenvalue weighted by Gasteiger charge is -2.08. The van der Waals surface area contributed by atoms with Crippen LogP contribution in [0.4, 0.5) is 0 Å². The maximum absolute atomic E-state index is 9.73. The van der Waals surface area contributed by atoms with Gasteiger partial charge in [-0.25, -0.2) is 0 Å². The molecule has 1 aromatic rings. The van der Waals surface area contributed by atoms with E-state index in [1.165, 1.54) is 0 Å². The number of aromatic nitrogens is 2. The lowest BCUT2D eigenvalue weighted by Crippen LogP contribution is -2.12. The number of ether oxygens (including phenoxy) is 1. The third-order valence-electron chi connectivity index (χ3n) is 3.15. The zero-order chi connectivity index (χ0) is 11.5. The van der Waals surface area contributed by atoms with Gasteiger partial charge in [0.2, 0.25) is 5.89 Å². The van der Waals surface area contributed by atoms with Crippen LogP contribution in [0.1, 0.15) is 43.8 Å². The first-order valence-corrected chi connectivity index (χ1v) is 5.74. The highest BCUT2D eigenvalue weighted by atomic mass is 16.5. The van der Waals surface area contributed by atoms with Gasteiger partial charge in [0.15, 0.2) is 5.82 Å².